The maximum atomic E-state index is 12.9. The van der Waals surface area contributed by atoms with Crippen LogP contribution < -0.4 is 9.95 Å². The van der Waals surface area contributed by atoms with Crippen LogP contribution in [0.5, 0.6) is 0 Å². The molecule has 0 aliphatic carbocycles. The average molecular weight is 388 g/mol. The molecule has 0 radical (unpaired) electrons. The number of benzene rings is 2. The number of sulfonamides is 1. The molecular weight excluding hydrogens is 366 g/mol. The normalized spacial score (nSPS) is 13.2. The van der Waals surface area contributed by atoms with Crippen molar-refractivity contribution in [3.8, 4) is 0 Å². The van der Waals surface area contributed by atoms with Crippen LogP contribution >= 0.6 is 0 Å². The Kier molecular flexibility index (Phi) is 5.52. The van der Waals surface area contributed by atoms with Gasteiger partial charge in [0.15, 0.2) is 0 Å². The van der Waals surface area contributed by atoms with E-state index in [2.05, 4.69) is 4.72 Å². The number of anilines is 1. The van der Waals surface area contributed by atoms with Crippen LogP contribution in [0.2, 0.25) is 0 Å². The molecule has 0 aliphatic rings. The molecule has 1 unspecified atom stereocenters. The summed E-state index contributed by atoms with van der Waals surface area (Å²) in [4.78, 5) is -0.259. The third-order valence-corrected chi connectivity index (χ3v) is 6.08. The van der Waals surface area contributed by atoms with Crippen LogP contribution in [-0.2, 0) is 16.6 Å². The second-order valence-electron chi connectivity index (χ2n) is 6.74. The average Bonchev–Trinajstić information content (AvgIpc) is 3.04. The highest BCUT2D eigenvalue weighted by atomic mass is 32.2. The number of fused-ring (bicyclic) bond motifs is 1. The van der Waals surface area contributed by atoms with E-state index in [1.807, 2.05) is 54.9 Å². The first kappa shape index (κ1) is 19.4. The van der Waals surface area contributed by atoms with Crippen LogP contribution in [-0.4, -0.2) is 24.2 Å². The number of nitrogens with zero attached hydrogens (tertiary/aromatic N) is 2. The summed E-state index contributed by atoms with van der Waals surface area (Å²) < 4.78 is 30.4. The Labute approximate surface area is 158 Å². The van der Waals surface area contributed by atoms with E-state index < -0.39 is 21.3 Å². The smallest absolute Gasteiger partial charge is 0.243 e. The molecule has 8 heteroatoms. The van der Waals surface area contributed by atoms with Crippen LogP contribution in [0.1, 0.15) is 13.8 Å². The molecule has 0 aliphatic heterocycles. The Balaban J connectivity index is 1.90. The highest BCUT2D eigenvalue weighted by Crippen LogP contribution is 2.24. The van der Waals surface area contributed by atoms with Gasteiger partial charge in [0.2, 0.25) is 10.0 Å². The fourth-order valence-electron chi connectivity index (χ4n) is 3.00. The predicted octanol–water partition coefficient (Wildman–Crippen LogP) is 3.34. The zero-order valence-electron chi connectivity index (χ0n) is 15.1. The lowest BCUT2D eigenvalue weighted by atomic mass is 10.1. The van der Waals surface area contributed by atoms with E-state index in [0.717, 1.165) is 10.9 Å². The van der Waals surface area contributed by atoms with Crippen LogP contribution in [0.4, 0.5) is 5.69 Å². The standard InChI is InChI=1S/C19H22N3O4S/c1-14(2)16(13-21-12-11-15-7-3-4-8-17(15)21)20-27(25,26)19-10-6-5-9-18(19)22(23)24/h3-12,14,16,20,23H,13H2,1-2H3/q-1. The summed E-state index contributed by atoms with van der Waals surface area (Å²) in [7, 11) is -4.00. The molecule has 1 atom stereocenters. The van der Waals surface area contributed by atoms with Gasteiger partial charge in [-0.1, -0.05) is 44.2 Å². The summed E-state index contributed by atoms with van der Waals surface area (Å²) >= 11 is 0. The molecular formula is C19H22N3O4S-. The zero-order chi connectivity index (χ0) is 19.6. The van der Waals surface area contributed by atoms with Crippen molar-refractivity contribution in [2.75, 3.05) is 5.23 Å². The lowest BCUT2D eigenvalue weighted by molar-refractivity contribution is 0.294. The van der Waals surface area contributed by atoms with Crippen LogP contribution in [0.15, 0.2) is 65.7 Å². The van der Waals surface area contributed by atoms with E-state index in [9.17, 15) is 18.8 Å². The number of nitrogens with one attached hydrogen (secondary N) is 1. The Bertz CT molecular complexity index is 1030. The van der Waals surface area contributed by atoms with Crippen molar-refractivity contribution in [2.45, 2.75) is 31.3 Å². The van der Waals surface area contributed by atoms with Crippen molar-refractivity contribution >= 4 is 26.6 Å². The molecule has 3 rings (SSSR count). The van der Waals surface area contributed by atoms with E-state index in [1.165, 1.54) is 24.3 Å². The zero-order valence-corrected chi connectivity index (χ0v) is 15.9. The molecule has 0 bridgehead atoms. The molecule has 144 valence electrons. The van der Waals surface area contributed by atoms with Gasteiger partial charge in [-0.15, -0.1) is 0 Å². The topological polar surface area (TPSA) is 97.6 Å². The Morgan fingerprint density at radius 3 is 2.48 bits per heavy atom. The maximum Gasteiger partial charge on any atom is 0.243 e. The fraction of sp³-hybridized carbons (Fsp3) is 0.263. The molecule has 0 saturated heterocycles. The summed E-state index contributed by atoms with van der Waals surface area (Å²) in [6.45, 7) is 4.29. The maximum absolute atomic E-state index is 12.9. The van der Waals surface area contributed by atoms with Gasteiger partial charge in [0.25, 0.3) is 0 Å². The third-order valence-electron chi connectivity index (χ3n) is 4.55. The minimum atomic E-state index is -4.00. The van der Waals surface area contributed by atoms with Gasteiger partial charge < -0.3 is 15.0 Å². The van der Waals surface area contributed by atoms with Gasteiger partial charge in [0.1, 0.15) is 4.90 Å². The molecule has 27 heavy (non-hydrogen) atoms. The second-order valence-corrected chi connectivity index (χ2v) is 8.42. The molecule has 3 aromatic rings. The number of aromatic nitrogens is 1. The van der Waals surface area contributed by atoms with Gasteiger partial charge in [0, 0.05) is 24.3 Å². The monoisotopic (exact) mass is 388 g/mol. The predicted molar refractivity (Wildman–Crippen MR) is 105 cm³/mol. The molecule has 0 spiro atoms. The number of hydrogen-bond acceptors (Lipinski definition) is 5. The van der Waals surface area contributed by atoms with Gasteiger partial charge in [-0.05, 0) is 35.6 Å². The van der Waals surface area contributed by atoms with Gasteiger partial charge in [-0.2, -0.15) is 0 Å². The lowest BCUT2D eigenvalue weighted by Crippen LogP contribution is -2.41. The summed E-state index contributed by atoms with van der Waals surface area (Å²) in [6, 6.07) is 15.0. The molecule has 0 amide bonds. The highest BCUT2D eigenvalue weighted by Gasteiger charge is 2.25. The van der Waals surface area contributed by atoms with Gasteiger partial charge in [0.05, 0.1) is 5.69 Å². The Morgan fingerprint density at radius 1 is 1.11 bits per heavy atom. The summed E-state index contributed by atoms with van der Waals surface area (Å²) in [5.41, 5.74) is 0.697. The largest absolute Gasteiger partial charge is 0.733 e. The van der Waals surface area contributed by atoms with E-state index in [-0.39, 0.29) is 16.5 Å². The van der Waals surface area contributed by atoms with Crippen molar-refractivity contribution in [3.63, 3.8) is 0 Å². The SMILES string of the molecule is CC(C)C(Cn1ccc2ccccc21)NS(=O)(=O)c1ccccc1N([O-])O. The first-order valence-corrected chi connectivity index (χ1v) is 10.1. The number of para-hydroxylation sites is 2. The first-order valence-electron chi connectivity index (χ1n) is 8.61. The lowest BCUT2D eigenvalue weighted by Gasteiger charge is -2.27. The molecule has 2 aromatic carbocycles. The fourth-order valence-corrected chi connectivity index (χ4v) is 4.55. The van der Waals surface area contributed by atoms with E-state index in [4.69, 9.17) is 0 Å². The second kappa shape index (κ2) is 7.69. The Morgan fingerprint density at radius 2 is 1.78 bits per heavy atom. The molecule has 0 fully saturated rings. The third kappa shape index (κ3) is 4.14. The Hall–Kier alpha value is -2.39. The van der Waals surface area contributed by atoms with Crippen LogP contribution in [0.3, 0.4) is 0 Å². The first-order chi connectivity index (χ1) is 12.8. The molecule has 0 saturated carbocycles. The molecule has 2 N–H and O–H groups in total. The van der Waals surface area contributed by atoms with Gasteiger partial charge in [-0.3, -0.25) is 5.21 Å². The van der Waals surface area contributed by atoms with E-state index in [0.29, 0.717) is 6.54 Å². The van der Waals surface area contributed by atoms with Crippen molar-refractivity contribution in [3.05, 3.63) is 66.0 Å². The molecule has 1 aromatic heterocycles. The van der Waals surface area contributed by atoms with Crippen molar-refractivity contribution in [1.82, 2.24) is 9.29 Å². The van der Waals surface area contributed by atoms with Crippen molar-refractivity contribution in [1.29, 1.82) is 0 Å². The number of rotatable bonds is 7. The number of hydrogen-bond donors (Lipinski definition) is 2. The van der Waals surface area contributed by atoms with Gasteiger partial charge >= 0.3 is 0 Å². The quantitative estimate of drug-likeness (QED) is 0.605. The summed E-state index contributed by atoms with van der Waals surface area (Å²) in [5.74, 6) is 0.00517. The van der Waals surface area contributed by atoms with Crippen LogP contribution in [0, 0.1) is 11.1 Å². The van der Waals surface area contributed by atoms with Crippen molar-refractivity contribution < 1.29 is 13.6 Å². The minimum Gasteiger partial charge on any atom is -0.733 e. The van der Waals surface area contributed by atoms with Gasteiger partial charge in [-0.25, -0.2) is 13.1 Å². The highest BCUT2D eigenvalue weighted by molar-refractivity contribution is 7.89. The minimum absolute atomic E-state index is 0.00517. The summed E-state index contributed by atoms with van der Waals surface area (Å²) in [6.07, 6.45) is 1.93. The van der Waals surface area contributed by atoms with E-state index >= 15 is 0 Å². The van der Waals surface area contributed by atoms with Crippen LogP contribution in [0.25, 0.3) is 10.9 Å². The molecule has 7 nitrogen and oxygen atoms in total. The molecule has 1 heterocycles. The summed E-state index contributed by atoms with van der Waals surface area (Å²) in [5, 5.41) is 21.2. The van der Waals surface area contributed by atoms with E-state index in [1.54, 1.807) is 0 Å². The van der Waals surface area contributed by atoms with Crippen molar-refractivity contribution in [2.24, 2.45) is 5.92 Å².